The maximum atomic E-state index is 14.4. The smallest absolute Gasteiger partial charge is 0.264 e. The van der Waals surface area contributed by atoms with Gasteiger partial charge in [0, 0.05) is 24.5 Å². The van der Waals surface area contributed by atoms with E-state index in [2.05, 4.69) is 5.32 Å². The van der Waals surface area contributed by atoms with Gasteiger partial charge < -0.3 is 10.2 Å². The molecule has 4 aromatic rings. The van der Waals surface area contributed by atoms with Gasteiger partial charge in [-0.2, -0.15) is 0 Å². The van der Waals surface area contributed by atoms with E-state index in [9.17, 15) is 18.0 Å². The van der Waals surface area contributed by atoms with Crippen LogP contribution in [0.3, 0.4) is 0 Å². The molecule has 4 rings (SSSR count). The second-order valence-electron chi connectivity index (χ2n) is 10.5. The summed E-state index contributed by atoms with van der Waals surface area (Å²) in [5, 5.41) is 3.44. The first-order chi connectivity index (χ1) is 21.2. The molecule has 0 aliphatic rings. The number of nitrogens with one attached hydrogen (secondary N) is 1. The first-order valence-corrected chi connectivity index (χ1v) is 16.6. The molecule has 0 saturated carbocycles. The van der Waals surface area contributed by atoms with Gasteiger partial charge in [0.2, 0.25) is 11.8 Å². The molecule has 0 aromatic heterocycles. The van der Waals surface area contributed by atoms with Crippen LogP contribution in [-0.2, 0) is 39.0 Å². The number of amides is 2. The van der Waals surface area contributed by atoms with Gasteiger partial charge in [-0.25, -0.2) is 8.42 Å². The van der Waals surface area contributed by atoms with Crippen molar-refractivity contribution in [2.75, 3.05) is 17.4 Å². The minimum Gasteiger partial charge on any atom is -0.354 e. The Hall–Kier alpha value is -4.14. The number of sulfonamides is 1. The Morgan fingerprint density at radius 2 is 1.43 bits per heavy atom. The fraction of sp³-hybridized carbons (Fsp3) is 0.257. The van der Waals surface area contributed by atoms with E-state index in [1.807, 2.05) is 62.4 Å². The second kappa shape index (κ2) is 15.5. The molecule has 0 radical (unpaired) electrons. The fourth-order valence-corrected chi connectivity index (χ4v) is 6.55. The second-order valence-corrected chi connectivity index (χ2v) is 12.8. The molecule has 0 saturated heterocycles. The van der Waals surface area contributed by atoms with E-state index in [-0.39, 0.29) is 23.8 Å². The molecule has 1 N–H and O–H groups in total. The van der Waals surface area contributed by atoms with Crippen molar-refractivity contribution < 1.29 is 18.0 Å². The van der Waals surface area contributed by atoms with Crippen molar-refractivity contribution in [3.63, 3.8) is 0 Å². The zero-order chi connectivity index (χ0) is 31.5. The van der Waals surface area contributed by atoms with Crippen LogP contribution in [0.1, 0.15) is 37.0 Å². The van der Waals surface area contributed by atoms with E-state index in [0.717, 1.165) is 33.8 Å². The molecule has 0 spiro atoms. The van der Waals surface area contributed by atoms with Crippen molar-refractivity contribution in [3.05, 3.63) is 131 Å². The maximum Gasteiger partial charge on any atom is 0.264 e. The molecule has 7 nitrogen and oxygen atoms in total. The predicted molar refractivity (Wildman–Crippen MR) is 176 cm³/mol. The summed E-state index contributed by atoms with van der Waals surface area (Å²) < 4.78 is 29.2. The van der Waals surface area contributed by atoms with Gasteiger partial charge in [0.25, 0.3) is 10.0 Å². The Kier molecular flexibility index (Phi) is 11.6. The lowest BCUT2D eigenvalue weighted by atomic mass is 10.0. The van der Waals surface area contributed by atoms with Crippen LogP contribution < -0.4 is 9.62 Å². The van der Waals surface area contributed by atoms with E-state index in [1.54, 1.807) is 48.5 Å². The number of anilines is 1. The van der Waals surface area contributed by atoms with Crippen molar-refractivity contribution in [3.8, 4) is 0 Å². The van der Waals surface area contributed by atoms with Gasteiger partial charge in [0.1, 0.15) is 12.6 Å². The molecular formula is C35H38ClN3O4S. The summed E-state index contributed by atoms with van der Waals surface area (Å²) in [6, 6.07) is 30.8. The Morgan fingerprint density at radius 3 is 2.05 bits per heavy atom. The molecule has 4 aromatic carbocycles. The number of benzene rings is 4. The van der Waals surface area contributed by atoms with E-state index in [0.29, 0.717) is 17.3 Å². The normalized spacial score (nSPS) is 11.9. The van der Waals surface area contributed by atoms with Crippen LogP contribution in [0, 0.1) is 0 Å². The summed E-state index contributed by atoms with van der Waals surface area (Å²) in [6.07, 6.45) is 1.76. The van der Waals surface area contributed by atoms with Crippen LogP contribution in [0.4, 0.5) is 5.69 Å². The van der Waals surface area contributed by atoms with E-state index < -0.39 is 28.5 Å². The lowest BCUT2D eigenvalue weighted by molar-refractivity contribution is -0.140. The van der Waals surface area contributed by atoms with Gasteiger partial charge in [-0.3, -0.25) is 13.9 Å². The van der Waals surface area contributed by atoms with Crippen LogP contribution >= 0.6 is 11.6 Å². The molecule has 1 atom stereocenters. The third-order valence-electron chi connectivity index (χ3n) is 7.30. The standard InChI is InChI=1S/C35H38ClN3O4S/c1-3-22-37-35(41)33(24-28-12-7-5-8-13-28)38(25-29-14-11-15-30(36)23-29)34(40)26-39(31-20-18-27(4-2)19-21-31)44(42,43)32-16-9-6-10-17-32/h5-21,23,33H,3-4,22,24-26H2,1-2H3,(H,37,41)/t33-/m0/s1. The zero-order valence-corrected chi connectivity index (χ0v) is 26.6. The van der Waals surface area contributed by atoms with Crippen LogP contribution in [0.5, 0.6) is 0 Å². The SMILES string of the molecule is CCCNC(=O)[C@H](Cc1ccccc1)N(Cc1cccc(Cl)c1)C(=O)CN(c1ccc(CC)cc1)S(=O)(=O)c1ccccc1. The molecule has 0 aliphatic carbocycles. The van der Waals surface area contributed by atoms with Crippen molar-refractivity contribution in [1.29, 1.82) is 0 Å². The third-order valence-corrected chi connectivity index (χ3v) is 9.33. The van der Waals surface area contributed by atoms with E-state index >= 15 is 0 Å². The third kappa shape index (κ3) is 8.49. The van der Waals surface area contributed by atoms with Gasteiger partial charge in [0.15, 0.2) is 0 Å². The predicted octanol–water partition coefficient (Wildman–Crippen LogP) is 6.26. The van der Waals surface area contributed by atoms with Crippen molar-refractivity contribution >= 4 is 39.1 Å². The fourth-order valence-electron chi connectivity index (χ4n) is 4.90. The first kappa shape index (κ1) is 32.8. The lowest BCUT2D eigenvalue weighted by Gasteiger charge is -2.34. The number of hydrogen-bond donors (Lipinski definition) is 1. The Bertz CT molecular complexity index is 1630. The summed E-state index contributed by atoms with van der Waals surface area (Å²) in [4.78, 5) is 29.7. The minimum absolute atomic E-state index is 0.0600. The topological polar surface area (TPSA) is 86.8 Å². The largest absolute Gasteiger partial charge is 0.354 e. The summed E-state index contributed by atoms with van der Waals surface area (Å²) in [6.45, 7) is 3.97. The molecule has 2 amide bonds. The van der Waals surface area contributed by atoms with Crippen molar-refractivity contribution in [2.45, 2.75) is 50.6 Å². The number of carbonyl (C=O) groups excluding carboxylic acids is 2. The van der Waals surface area contributed by atoms with Gasteiger partial charge >= 0.3 is 0 Å². The number of halogens is 1. The zero-order valence-electron chi connectivity index (χ0n) is 25.0. The highest BCUT2D eigenvalue weighted by molar-refractivity contribution is 7.92. The number of carbonyl (C=O) groups is 2. The van der Waals surface area contributed by atoms with Crippen LogP contribution in [-0.4, -0.2) is 44.3 Å². The Balaban J connectivity index is 1.79. The molecule has 0 unspecified atom stereocenters. The monoisotopic (exact) mass is 631 g/mol. The van der Waals surface area contributed by atoms with E-state index in [1.165, 1.54) is 17.0 Å². The highest BCUT2D eigenvalue weighted by Gasteiger charge is 2.34. The first-order valence-electron chi connectivity index (χ1n) is 14.7. The summed E-state index contributed by atoms with van der Waals surface area (Å²) in [7, 11) is -4.14. The average molecular weight is 632 g/mol. The number of aryl methyl sites for hydroxylation is 1. The maximum absolute atomic E-state index is 14.4. The van der Waals surface area contributed by atoms with Crippen LogP contribution in [0.15, 0.2) is 114 Å². The van der Waals surface area contributed by atoms with Crippen molar-refractivity contribution in [2.24, 2.45) is 0 Å². The lowest BCUT2D eigenvalue weighted by Crippen LogP contribution is -2.53. The molecule has 0 aliphatic heterocycles. The molecule has 230 valence electrons. The molecule has 0 fully saturated rings. The summed E-state index contributed by atoms with van der Waals surface area (Å²) in [5.41, 5.74) is 2.99. The van der Waals surface area contributed by atoms with Crippen LogP contribution in [0.2, 0.25) is 5.02 Å². The molecule has 9 heteroatoms. The highest BCUT2D eigenvalue weighted by atomic mass is 35.5. The Morgan fingerprint density at radius 1 is 0.795 bits per heavy atom. The van der Waals surface area contributed by atoms with Gasteiger partial charge in [-0.15, -0.1) is 0 Å². The average Bonchev–Trinajstić information content (AvgIpc) is 3.05. The molecule has 44 heavy (non-hydrogen) atoms. The number of hydrogen-bond acceptors (Lipinski definition) is 4. The number of nitrogens with zero attached hydrogens (tertiary/aromatic N) is 2. The highest BCUT2D eigenvalue weighted by Crippen LogP contribution is 2.26. The summed E-state index contributed by atoms with van der Waals surface area (Å²) in [5.74, 6) is -0.826. The summed E-state index contributed by atoms with van der Waals surface area (Å²) >= 11 is 6.29. The molecular weight excluding hydrogens is 594 g/mol. The Labute approximate surface area is 265 Å². The minimum atomic E-state index is -4.14. The van der Waals surface area contributed by atoms with Gasteiger partial charge in [0.05, 0.1) is 10.6 Å². The van der Waals surface area contributed by atoms with Gasteiger partial charge in [-0.1, -0.05) is 98.2 Å². The van der Waals surface area contributed by atoms with Gasteiger partial charge in [-0.05, 0) is 65.9 Å². The van der Waals surface area contributed by atoms with E-state index in [4.69, 9.17) is 11.6 Å². The van der Waals surface area contributed by atoms with Crippen molar-refractivity contribution in [1.82, 2.24) is 10.2 Å². The molecule has 0 bridgehead atoms. The molecule has 0 heterocycles. The quantitative estimate of drug-likeness (QED) is 0.178. The van der Waals surface area contributed by atoms with Crippen LogP contribution in [0.25, 0.3) is 0 Å². The number of rotatable bonds is 14.